The monoisotopic (exact) mass is 694 g/mol. The highest BCUT2D eigenvalue weighted by Crippen LogP contribution is 2.37. The predicted octanol–water partition coefficient (Wildman–Crippen LogP) is 7.99. The number of ketones is 4. The molecule has 0 heterocycles. The summed E-state index contributed by atoms with van der Waals surface area (Å²) in [7, 11) is 1.58. The van der Waals surface area contributed by atoms with Gasteiger partial charge in [-0.1, -0.05) is 24.3 Å². The van der Waals surface area contributed by atoms with Crippen LogP contribution in [0.1, 0.15) is 97.8 Å². The zero-order chi connectivity index (χ0) is 37.9. The van der Waals surface area contributed by atoms with Crippen LogP contribution in [0.25, 0.3) is 11.1 Å². The van der Waals surface area contributed by atoms with Crippen LogP contribution >= 0.6 is 0 Å². The van der Waals surface area contributed by atoms with Gasteiger partial charge in [-0.3, -0.25) is 19.2 Å². The highest BCUT2D eigenvalue weighted by atomic mass is 19.4. The Kier molecular flexibility index (Phi) is 12.2. The van der Waals surface area contributed by atoms with Crippen LogP contribution in [-0.4, -0.2) is 51.7 Å². The first-order valence-corrected chi connectivity index (χ1v) is 16.2. The van der Waals surface area contributed by atoms with Crippen molar-refractivity contribution in [2.45, 2.75) is 98.5 Å². The Balaban J connectivity index is 0.000000271. The van der Waals surface area contributed by atoms with Gasteiger partial charge in [0, 0.05) is 44.6 Å². The van der Waals surface area contributed by atoms with Gasteiger partial charge in [0.05, 0.1) is 23.9 Å². The summed E-state index contributed by atoms with van der Waals surface area (Å²) in [5.74, 6) is -0.213. The normalized spacial score (nSPS) is 16.4. The summed E-state index contributed by atoms with van der Waals surface area (Å²) >= 11 is 0. The van der Waals surface area contributed by atoms with Crippen molar-refractivity contribution >= 4 is 34.3 Å². The molecule has 0 saturated heterocycles. The van der Waals surface area contributed by atoms with Crippen molar-refractivity contribution < 1.29 is 47.3 Å². The zero-order valence-corrected chi connectivity index (χ0v) is 30.0. The van der Waals surface area contributed by atoms with Gasteiger partial charge in [0.2, 0.25) is 0 Å². The van der Waals surface area contributed by atoms with Crippen molar-refractivity contribution in [3.05, 3.63) is 98.7 Å². The molecule has 0 aliphatic heterocycles. The Labute approximate surface area is 291 Å². The van der Waals surface area contributed by atoms with Crippen LogP contribution in [0, 0.1) is 0 Å². The molecule has 0 saturated carbocycles. The number of methoxy groups -OCH3 is 1. The molecule has 0 unspecified atom stereocenters. The number of ether oxygens (including phenoxy) is 1. The molecule has 2 aromatic rings. The maximum Gasteiger partial charge on any atom is 0.416 e. The fraction of sp³-hybridized carbons (Fsp3) is 0.400. The lowest BCUT2D eigenvalue weighted by atomic mass is 9.79. The number of aliphatic hydroxyl groups is 2. The van der Waals surface area contributed by atoms with Gasteiger partial charge in [-0.15, -0.1) is 0 Å². The van der Waals surface area contributed by atoms with Crippen LogP contribution in [0.2, 0.25) is 0 Å². The molecule has 2 aliphatic carbocycles. The molecule has 2 aliphatic rings. The molecule has 268 valence electrons. The molecule has 50 heavy (non-hydrogen) atoms. The number of allylic oxidation sites excluding steroid dienone is 8. The summed E-state index contributed by atoms with van der Waals surface area (Å²) in [5.41, 5.74) is 1.09. The average molecular weight is 695 g/mol. The van der Waals surface area contributed by atoms with E-state index in [1.54, 1.807) is 79.8 Å². The predicted molar refractivity (Wildman–Crippen MR) is 186 cm³/mol. The molecule has 2 aromatic carbocycles. The van der Waals surface area contributed by atoms with E-state index in [1.165, 1.54) is 19.1 Å². The maximum atomic E-state index is 12.8. The molecule has 0 fully saturated rings. The minimum Gasteiger partial charge on any atom is -0.497 e. The van der Waals surface area contributed by atoms with Crippen LogP contribution < -0.4 is 4.74 Å². The number of Topliss-reactive ketones (excluding diaryl/α,β-unsaturated/α-hetero) is 4. The fourth-order valence-corrected chi connectivity index (χ4v) is 5.54. The molecule has 0 atom stereocenters. The third-order valence-electron chi connectivity index (χ3n) is 8.95. The second kappa shape index (κ2) is 15.2. The van der Waals surface area contributed by atoms with Gasteiger partial charge >= 0.3 is 6.18 Å². The molecule has 0 spiro atoms. The SMILES string of the molecule is CC1=C(C)C(=O)C(c2ccc(C(F)(F)F)cc2)=C(CCC(C)(C)O)C1=O.COc1ccc(C2=C(CCC(C)(C)O)C(=O)C(C)=C(C)C2=O)cc1. The molecule has 0 aromatic heterocycles. The summed E-state index contributed by atoms with van der Waals surface area (Å²) in [6, 6.07) is 11.3. The Morgan fingerprint density at radius 2 is 0.880 bits per heavy atom. The number of alkyl halides is 3. The Hall–Kier alpha value is -4.41. The van der Waals surface area contributed by atoms with E-state index in [9.17, 15) is 42.6 Å². The maximum absolute atomic E-state index is 12.8. The number of halogens is 3. The minimum atomic E-state index is -4.48. The molecule has 0 bridgehead atoms. The van der Waals surface area contributed by atoms with Gasteiger partial charge in [0.25, 0.3) is 0 Å². The van der Waals surface area contributed by atoms with Gasteiger partial charge < -0.3 is 14.9 Å². The van der Waals surface area contributed by atoms with Gasteiger partial charge in [0.1, 0.15) is 5.75 Å². The number of carbonyl (C=O) groups excluding carboxylic acids is 4. The summed E-state index contributed by atoms with van der Waals surface area (Å²) in [4.78, 5) is 51.0. The van der Waals surface area contributed by atoms with E-state index >= 15 is 0 Å². The number of benzene rings is 2. The molecule has 0 amide bonds. The minimum absolute atomic E-state index is 0.109. The van der Waals surface area contributed by atoms with Crippen LogP contribution in [0.4, 0.5) is 13.2 Å². The number of carbonyl (C=O) groups is 4. The summed E-state index contributed by atoms with van der Waals surface area (Å²) in [5, 5.41) is 19.9. The zero-order valence-electron chi connectivity index (χ0n) is 30.0. The first-order chi connectivity index (χ1) is 23.0. The van der Waals surface area contributed by atoms with Gasteiger partial charge in [0.15, 0.2) is 23.1 Å². The van der Waals surface area contributed by atoms with Crippen molar-refractivity contribution in [3.63, 3.8) is 0 Å². The fourth-order valence-electron chi connectivity index (χ4n) is 5.54. The van der Waals surface area contributed by atoms with Crippen molar-refractivity contribution in [1.82, 2.24) is 0 Å². The molecule has 0 radical (unpaired) electrons. The quantitative estimate of drug-likeness (QED) is 0.256. The smallest absolute Gasteiger partial charge is 0.416 e. The highest BCUT2D eigenvalue weighted by molar-refractivity contribution is 6.40. The number of hydrogen-bond acceptors (Lipinski definition) is 7. The highest BCUT2D eigenvalue weighted by Gasteiger charge is 2.34. The molecular weight excluding hydrogens is 649 g/mol. The van der Waals surface area contributed by atoms with E-state index in [1.807, 2.05) is 0 Å². The number of hydrogen-bond donors (Lipinski definition) is 2. The lowest BCUT2D eigenvalue weighted by molar-refractivity contribution is -0.137. The first kappa shape index (κ1) is 40.0. The summed E-state index contributed by atoms with van der Waals surface area (Å²) in [6.45, 7) is 13.0. The molecule has 7 nitrogen and oxygen atoms in total. The van der Waals surface area contributed by atoms with Gasteiger partial charge in [-0.05, 0) is 116 Å². The Morgan fingerprint density at radius 3 is 1.18 bits per heavy atom. The first-order valence-electron chi connectivity index (χ1n) is 16.2. The average Bonchev–Trinajstić information content (AvgIpc) is 3.04. The Morgan fingerprint density at radius 1 is 0.560 bits per heavy atom. The van der Waals surface area contributed by atoms with E-state index in [2.05, 4.69) is 0 Å². The van der Waals surface area contributed by atoms with Crippen LogP contribution in [0.15, 0.2) is 82.0 Å². The second-order valence-corrected chi connectivity index (χ2v) is 14.0. The van der Waals surface area contributed by atoms with Crippen molar-refractivity contribution in [1.29, 1.82) is 0 Å². The standard InChI is InChI=1S/C20H21F3O3.C20H24O4/c1-11-12(2)18(25)16(15(17(11)24)9-10-19(3,4)26)13-5-7-14(8-6-13)20(21,22)23;1-12-13(2)19(22)17(14-6-8-15(24-5)9-7-14)16(18(12)21)10-11-20(3,4)23/h5-8,26H,9-10H2,1-4H3;6-9,23H,10-11H2,1-5H3. The largest absolute Gasteiger partial charge is 0.497 e. The van der Waals surface area contributed by atoms with E-state index < -0.39 is 22.9 Å². The van der Waals surface area contributed by atoms with E-state index in [4.69, 9.17) is 4.74 Å². The lowest BCUT2D eigenvalue weighted by Crippen LogP contribution is -2.24. The van der Waals surface area contributed by atoms with Crippen LogP contribution in [-0.2, 0) is 25.4 Å². The Bertz CT molecular complexity index is 1800. The topological polar surface area (TPSA) is 118 Å². The van der Waals surface area contributed by atoms with E-state index in [0.29, 0.717) is 52.0 Å². The number of rotatable bonds is 9. The summed E-state index contributed by atoms with van der Waals surface area (Å²) < 4.78 is 43.5. The molecule has 10 heteroatoms. The van der Waals surface area contributed by atoms with Crippen molar-refractivity contribution in [2.24, 2.45) is 0 Å². The molecule has 4 rings (SSSR count). The lowest BCUT2D eigenvalue weighted by Gasteiger charge is -2.24. The van der Waals surface area contributed by atoms with Crippen molar-refractivity contribution in [3.8, 4) is 5.75 Å². The molecule has 2 N–H and O–H groups in total. The van der Waals surface area contributed by atoms with Gasteiger partial charge in [-0.25, -0.2) is 0 Å². The van der Waals surface area contributed by atoms with Crippen LogP contribution in [0.5, 0.6) is 5.75 Å². The van der Waals surface area contributed by atoms with E-state index in [-0.39, 0.29) is 58.3 Å². The third kappa shape index (κ3) is 9.43. The van der Waals surface area contributed by atoms with Gasteiger partial charge in [-0.2, -0.15) is 13.2 Å². The summed E-state index contributed by atoms with van der Waals surface area (Å²) in [6.07, 6.45) is -3.30. The molecular formula is C40H45F3O7. The van der Waals surface area contributed by atoms with Crippen molar-refractivity contribution in [2.75, 3.05) is 7.11 Å². The van der Waals surface area contributed by atoms with Crippen LogP contribution in [0.3, 0.4) is 0 Å². The third-order valence-corrected chi connectivity index (χ3v) is 8.95. The van der Waals surface area contributed by atoms with E-state index in [0.717, 1.165) is 12.1 Å². The second-order valence-electron chi connectivity index (χ2n) is 14.0.